The molecule has 0 saturated carbocycles. The Hall–Kier alpha value is -2.34. The van der Waals surface area contributed by atoms with Gasteiger partial charge in [0.15, 0.2) is 5.66 Å². The van der Waals surface area contributed by atoms with Gasteiger partial charge in [-0.1, -0.05) is 32.0 Å². The van der Waals surface area contributed by atoms with Crippen molar-refractivity contribution in [3.05, 3.63) is 42.1 Å². The molecule has 138 valence electrons. The second-order valence-electron chi connectivity index (χ2n) is 8.64. The van der Waals surface area contributed by atoms with Gasteiger partial charge in [-0.15, -0.1) is 11.6 Å². The van der Waals surface area contributed by atoms with Gasteiger partial charge in [-0.2, -0.15) is 4.99 Å². The fourth-order valence-electron chi connectivity index (χ4n) is 6.09. The number of halogens is 1. The number of nitrogens with zero attached hydrogens (tertiary/aromatic N) is 3. The van der Waals surface area contributed by atoms with Crippen LogP contribution in [0.4, 0.5) is 10.5 Å². The molecule has 2 saturated heterocycles. The molecule has 6 nitrogen and oxygen atoms in total. The number of rotatable bonds is 0. The number of amides is 3. The molecule has 5 aliphatic rings. The molecule has 1 aromatic carbocycles. The summed E-state index contributed by atoms with van der Waals surface area (Å²) < 4.78 is 0. The number of alkyl halides is 1. The summed E-state index contributed by atoms with van der Waals surface area (Å²) >= 11 is 7.00. The van der Waals surface area contributed by atoms with E-state index in [1.165, 1.54) is 0 Å². The Morgan fingerprint density at radius 2 is 2.04 bits per heavy atom. The zero-order valence-corrected chi connectivity index (χ0v) is 15.8. The van der Waals surface area contributed by atoms with E-state index in [4.69, 9.17) is 11.6 Å². The van der Waals surface area contributed by atoms with E-state index in [2.05, 4.69) is 41.2 Å². The molecular formula is C20H19ClN4O2. The largest absolute Gasteiger partial charge is 0.343 e. The van der Waals surface area contributed by atoms with Crippen LogP contribution in [0.5, 0.6) is 0 Å². The Morgan fingerprint density at radius 3 is 2.85 bits per heavy atom. The minimum absolute atomic E-state index is 0.0110. The smallest absolute Gasteiger partial charge is 0.318 e. The number of urea groups is 1. The SMILES string of the molecule is CC1(C)[C@@H](Cl)C[C@]23[C@@H]4CC(=O)N2C=CC2=NC(=O)N[C@]21N3c1ccccc14. The number of benzene rings is 1. The molecule has 27 heavy (non-hydrogen) atoms. The topological polar surface area (TPSA) is 65.0 Å². The predicted octanol–water partition coefficient (Wildman–Crippen LogP) is 2.94. The molecule has 2 spiro atoms. The Kier molecular flexibility index (Phi) is 2.55. The van der Waals surface area contributed by atoms with E-state index in [1.54, 1.807) is 0 Å². The molecule has 4 atom stereocenters. The van der Waals surface area contributed by atoms with Crippen molar-refractivity contribution in [1.82, 2.24) is 10.2 Å². The number of anilines is 1. The fraction of sp³-hybridized carbons (Fsp3) is 0.450. The summed E-state index contributed by atoms with van der Waals surface area (Å²) in [6, 6.07) is 7.84. The van der Waals surface area contributed by atoms with Crippen LogP contribution < -0.4 is 10.2 Å². The van der Waals surface area contributed by atoms with Crippen LogP contribution in [0.25, 0.3) is 0 Å². The molecule has 5 heterocycles. The number of aliphatic imine (C=N–C) groups is 1. The average Bonchev–Trinajstić information content (AvgIpc) is 3.15. The number of nitrogens with one attached hydrogen (secondary N) is 1. The molecule has 0 radical (unpaired) electrons. The standard InChI is InChI=1S/C20H19ClN4O2/c1-18(2)14(21)10-19-12-9-16(26)24(19)8-7-15-20(18,23-17(27)22-15)25(19)13-6-4-3-5-11(12)13/h3-8,12,14H,9-10H2,1-2H3,(H,23,27)/t12-,14+,19+,20+/m1/s1. The lowest BCUT2D eigenvalue weighted by molar-refractivity contribution is -0.129. The highest BCUT2D eigenvalue weighted by atomic mass is 35.5. The van der Waals surface area contributed by atoms with Gasteiger partial charge in [0.2, 0.25) is 5.91 Å². The lowest BCUT2D eigenvalue weighted by Gasteiger charge is -2.63. The van der Waals surface area contributed by atoms with Gasteiger partial charge >= 0.3 is 6.03 Å². The van der Waals surface area contributed by atoms with Crippen molar-refractivity contribution in [2.45, 2.75) is 49.3 Å². The molecule has 0 aromatic heterocycles. The first-order valence-corrected chi connectivity index (χ1v) is 9.73. The number of hydrogen-bond donors (Lipinski definition) is 1. The van der Waals surface area contributed by atoms with Crippen LogP contribution in [0.3, 0.4) is 0 Å². The summed E-state index contributed by atoms with van der Waals surface area (Å²) in [5, 5.41) is 2.91. The molecule has 1 N–H and O–H groups in total. The maximum Gasteiger partial charge on any atom is 0.343 e. The summed E-state index contributed by atoms with van der Waals surface area (Å²) in [4.78, 5) is 33.8. The van der Waals surface area contributed by atoms with Gasteiger partial charge in [0.05, 0.1) is 5.71 Å². The summed E-state index contributed by atoms with van der Waals surface area (Å²) in [5.74, 6) is 0.0957. The molecule has 2 fully saturated rings. The maximum atomic E-state index is 13.0. The Bertz CT molecular complexity index is 1000. The van der Waals surface area contributed by atoms with E-state index >= 15 is 0 Å². The first-order chi connectivity index (χ1) is 12.8. The van der Waals surface area contributed by atoms with Crippen LogP contribution in [0.1, 0.15) is 38.2 Å². The van der Waals surface area contributed by atoms with Crippen LogP contribution in [0, 0.1) is 5.41 Å². The first kappa shape index (κ1) is 15.7. The number of carbonyl (C=O) groups excluding carboxylic acids is 2. The van der Waals surface area contributed by atoms with E-state index in [0.717, 1.165) is 11.3 Å². The second kappa shape index (κ2) is 4.38. The molecular weight excluding hydrogens is 364 g/mol. The van der Waals surface area contributed by atoms with E-state index in [1.807, 2.05) is 29.3 Å². The molecule has 3 amide bonds. The Labute approximate surface area is 161 Å². The number of piperidine rings is 1. The van der Waals surface area contributed by atoms with Crippen molar-refractivity contribution in [3.63, 3.8) is 0 Å². The van der Waals surface area contributed by atoms with Crippen molar-refractivity contribution in [2.75, 3.05) is 4.90 Å². The van der Waals surface area contributed by atoms with E-state index in [9.17, 15) is 9.59 Å². The van der Waals surface area contributed by atoms with Crippen LogP contribution in [-0.2, 0) is 4.79 Å². The number of fused-ring (bicyclic) bond motifs is 2. The van der Waals surface area contributed by atoms with Gasteiger partial charge in [0, 0.05) is 41.4 Å². The third kappa shape index (κ3) is 1.41. The van der Waals surface area contributed by atoms with Crippen LogP contribution in [0.15, 0.2) is 41.5 Å². The Balaban J connectivity index is 1.77. The molecule has 0 aliphatic carbocycles. The van der Waals surface area contributed by atoms with Crippen molar-refractivity contribution in [2.24, 2.45) is 10.4 Å². The summed E-state index contributed by atoms with van der Waals surface area (Å²) in [7, 11) is 0. The van der Waals surface area contributed by atoms with Crippen molar-refractivity contribution in [1.29, 1.82) is 0 Å². The van der Waals surface area contributed by atoms with E-state index < -0.39 is 16.7 Å². The molecule has 6 rings (SSSR count). The average molecular weight is 383 g/mol. The normalized spacial score (nSPS) is 39.6. The second-order valence-corrected chi connectivity index (χ2v) is 9.17. The van der Waals surface area contributed by atoms with E-state index in [-0.39, 0.29) is 23.2 Å². The molecule has 0 unspecified atom stereocenters. The minimum atomic E-state index is -0.893. The number of para-hydroxylation sites is 1. The summed E-state index contributed by atoms with van der Waals surface area (Å²) in [5.41, 5.74) is 0.808. The predicted molar refractivity (Wildman–Crippen MR) is 102 cm³/mol. The molecule has 5 aliphatic heterocycles. The van der Waals surface area contributed by atoms with Crippen LogP contribution in [0.2, 0.25) is 0 Å². The van der Waals surface area contributed by atoms with Crippen molar-refractivity contribution < 1.29 is 9.59 Å². The highest BCUT2D eigenvalue weighted by molar-refractivity contribution is 6.24. The van der Waals surface area contributed by atoms with Gasteiger partial charge in [0.25, 0.3) is 0 Å². The van der Waals surface area contributed by atoms with Gasteiger partial charge < -0.3 is 10.2 Å². The van der Waals surface area contributed by atoms with Crippen molar-refractivity contribution >= 4 is 34.9 Å². The van der Waals surface area contributed by atoms with Crippen molar-refractivity contribution in [3.8, 4) is 0 Å². The molecule has 7 heteroatoms. The van der Waals surface area contributed by atoms with Gasteiger partial charge in [-0.25, -0.2) is 4.79 Å². The zero-order valence-electron chi connectivity index (χ0n) is 15.1. The minimum Gasteiger partial charge on any atom is -0.318 e. The first-order valence-electron chi connectivity index (χ1n) is 9.29. The highest BCUT2D eigenvalue weighted by Gasteiger charge is 2.76. The number of hydrogen-bond acceptors (Lipinski definition) is 3. The number of carbonyl (C=O) groups is 2. The van der Waals surface area contributed by atoms with E-state index in [0.29, 0.717) is 18.6 Å². The fourth-order valence-corrected chi connectivity index (χ4v) is 6.47. The highest BCUT2D eigenvalue weighted by Crippen LogP contribution is 2.66. The third-order valence-electron chi connectivity index (χ3n) is 7.36. The Morgan fingerprint density at radius 1 is 1.26 bits per heavy atom. The van der Waals surface area contributed by atoms with Gasteiger partial charge in [-0.3, -0.25) is 9.69 Å². The quantitative estimate of drug-likeness (QED) is 0.701. The molecule has 2 bridgehead atoms. The van der Waals surface area contributed by atoms with Gasteiger partial charge in [0.1, 0.15) is 5.66 Å². The molecule has 1 aromatic rings. The zero-order chi connectivity index (χ0) is 18.8. The maximum absolute atomic E-state index is 13.0. The van der Waals surface area contributed by atoms with Crippen LogP contribution in [-0.4, -0.2) is 39.3 Å². The third-order valence-corrected chi connectivity index (χ3v) is 8.06. The van der Waals surface area contributed by atoms with Gasteiger partial charge in [-0.05, 0) is 17.7 Å². The summed E-state index contributed by atoms with van der Waals surface area (Å²) in [6.45, 7) is 4.16. The summed E-state index contributed by atoms with van der Waals surface area (Å²) in [6.07, 6.45) is 4.70. The monoisotopic (exact) mass is 382 g/mol. The lowest BCUT2D eigenvalue weighted by Crippen LogP contribution is -2.81. The lowest BCUT2D eigenvalue weighted by atomic mass is 9.65. The van der Waals surface area contributed by atoms with Crippen LogP contribution >= 0.6 is 11.6 Å².